The van der Waals surface area contributed by atoms with Gasteiger partial charge in [-0.2, -0.15) is 23.1 Å². The molecule has 0 aliphatic rings. The van der Waals surface area contributed by atoms with Crippen LogP contribution >= 0.6 is 0 Å². The molecule has 1 atom stereocenters. The van der Waals surface area contributed by atoms with Crippen molar-refractivity contribution >= 4 is 10.8 Å². The highest BCUT2D eigenvalue weighted by Crippen LogP contribution is 2.39. The van der Waals surface area contributed by atoms with E-state index in [0.717, 1.165) is 29.8 Å². The zero-order chi connectivity index (χ0) is 27.8. The summed E-state index contributed by atoms with van der Waals surface area (Å²) in [5.41, 5.74) is -0.996. The molecular formula is C24H18F5N5O4. The van der Waals surface area contributed by atoms with Crippen molar-refractivity contribution in [3.8, 4) is 29.1 Å². The van der Waals surface area contributed by atoms with Crippen LogP contribution in [0.4, 0.5) is 22.0 Å². The van der Waals surface area contributed by atoms with Crippen molar-refractivity contribution in [1.82, 2.24) is 19.3 Å². The number of fused-ring (bicyclic) bond motifs is 1. The van der Waals surface area contributed by atoms with Gasteiger partial charge >= 0.3 is 11.9 Å². The van der Waals surface area contributed by atoms with E-state index >= 15 is 0 Å². The molecule has 1 unspecified atom stereocenters. The molecule has 2 aromatic carbocycles. The number of aromatic nitrogens is 4. The summed E-state index contributed by atoms with van der Waals surface area (Å²) >= 11 is 0. The predicted molar refractivity (Wildman–Crippen MR) is 122 cm³/mol. The van der Waals surface area contributed by atoms with Crippen molar-refractivity contribution in [3.63, 3.8) is 0 Å². The van der Waals surface area contributed by atoms with Crippen molar-refractivity contribution in [1.29, 1.82) is 5.26 Å². The van der Waals surface area contributed by atoms with Gasteiger partial charge in [-0.15, -0.1) is 5.10 Å². The van der Waals surface area contributed by atoms with Gasteiger partial charge in [0.2, 0.25) is 11.6 Å². The second kappa shape index (κ2) is 10.1. The Morgan fingerprint density at radius 3 is 2.42 bits per heavy atom. The van der Waals surface area contributed by atoms with Crippen LogP contribution in [0.5, 0.6) is 17.4 Å². The lowest BCUT2D eigenvalue weighted by Gasteiger charge is -2.20. The molecular weight excluding hydrogens is 517 g/mol. The van der Waals surface area contributed by atoms with Crippen molar-refractivity contribution in [2.75, 3.05) is 0 Å². The molecule has 0 saturated carbocycles. The van der Waals surface area contributed by atoms with Crippen LogP contribution in [0.25, 0.3) is 16.5 Å². The predicted octanol–water partition coefficient (Wildman–Crippen LogP) is 4.37. The number of hydrogen-bond donors (Lipinski definition) is 1. The third-order valence-corrected chi connectivity index (χ3v) is 5.51. The van der Waals surface area contributed by atoms with Crippen LogP contribution in [0.3, 0.4) is 0 Å². The maximum absolute atomic E-state index is 14.5. The van der Waals surface area contributed by atoms with E-state index in [-0.39, 0.29) is 34.4 Å². The SMILES string of the molecule is CCn1c(CO)nn(-c2cc(OC(C)C(F)(F)F)c3c(Oc4c(F)cc(C#N)cc4F)nccc3c2)c1=O. The minimum atomic E-state index is -4.79. The third kappa shape index (κ3) is 4.88. The first-order valence-electron chi connectivity index (χ1n) is 11.0. The normalized spacial score (nSPS) is 12.4. The van der Waals surface area contributed by atoms with Crippen LogP contribution in [0.2, 0.25) is 0 Å². The Labute approximate surface area is 210 Å². The lowest BCUT2D eigenvalue weighted by atomic mass is 10.1. The van der Waals surface area contributed by atoms with Gasteiger partial charge in [-0.3, -0.25) is 4.57 Å². The summed E-state index contributed by atoms with van der Waals surface area (Å²) in [6.45, 7) is 1.99. The van der Waals surface area contributed by atoms with E-state index in [1.54, 1.807) is 13.0 Å². The summed E-state index contributed by atoms with van der Waals surface area (Å²) in [6.07, 6.45) is -5.96. The van der Waals surface area contributed by atoms with Crippen molar-refractivity contribution < 1.29 is 36.5 Å². The fourth-order valence-electron chi connectivity index (χ4n) is 3.64. The zero-order valence-electron chi connectivity index (χ0n) is 19.8. The average molecular weight is 535 g/mol. The standard InChI is InChI=1S/C24H18F5N5O4/c1-3-33-19(11-35)32-34(23(33)36)15-8-14-4-5-31-22(20(14)18(9-15)37-12(2)24(27,28)29)38-21-16(25)6-13(10-30)7-17(21)26/h4-9,12,35H,3,11H2,1-2H3. The summed E-state index contributed by atoms with van der Waals surface area (Å²) < 4.78 is 81.7. The summed E-state index contributed by atoms with van der Waals surface area (Å²) in [7, 11) is 0. The Bertz CT molecular complexity index is 1600. The van der Waals surface area contributed by atoms with Gasteiger partial charge in [0.1, 0.15) is 12.4 Å². The smallest absolute Gasteiger partial charge is 0.425 e. The Kier molecular flexibility index (Phi) is 7.05. The van der Waals surface area contributed by atoms with Crippen LogP contribution in [-0.2, 0) is 13.2 Å². The molecule has 0 saturated heterocycles. The number of ether oxygens (including phenoxy) is 2. The van der Waals surface area contributed by atoms with Crippen LogP contribution in [0, 0.1) is 23.0 Å². The second-order valence-electron chi connectivity index (χ2n) is 7.96. The van der Waals surface area contributed by atoms with Crippen molar-refractivity contribution in [2.24, 2.45) is 0 Å². The summed E-state index contributed by atoms with van der Waals surface area (Å²) in [5.74, 6) is -4.36. The molecule has 0 spiro atoms. The molecule has 1 N–H and O–H groups in total. The first-order chi connectivity index (χ1) is 18.0. The number of halogens is 5. The molecule has 2 heterocycles. The highest BCUT2D eigenvalue weighted by Gasteiger charge is 2.38. The maximum Gasteiger partial charge on any atom is 0.425 e. The zero-order valence-corrected chi connectivity index (χ0v) is 19.8. The molecule has 9 nitrogen and oxygen atoms in total. The Balaban J connectivity index is 1.94. The molecule has 38 heavy (non-hydrogen) atoms. The minimum Gasteiger partial charge on any atom is -0.480 e. The number of rotatable bonds is 7. The first kappa shape index (κ1) is 26.6. The summed E-state index contributed by atoms with van der Waals surface area (Å²) in [6, 6.07) is 6.82. The molecule has 0 aliphatic heterocycles. The molecule has 0 fully saturated rings. The average Bonchev–Trinajstić information content (AvgIpc) is 3.20. The molecule has 4 rings (SSSR count). The lowest BCUT2D eigenvalue weighted by Crippen LogP contribution is -2.31. The largest absolute Gasteiger partial charge is 0.480 e. The van der Waals surface area contributed by atoms with E-state index < -0.39 is 53.6 Å². The number of aliphatic hydroxyl groups excluding tert-OH is 1. The van der Waals surface area contributed by atoms with E-state index in [2.05, 4.69) is 10.1 Å². The fraction of sp³-hybridized carbons (Fsp3) is 0.250. The molecule has 2 aromatic heterocycles. The van der Waals surface area contributed by atoms with Crippen molar-refractivity contribution in [2.45, 2.75) is 39.3 Å². The minimum absolute atomic E-state index is 0.0124. The number of aliphatic hydroxyl groups is 1. The van der Waals surface area contributed by atoms with E-state index in [1.807, 2.05) is 0 Å². The van der Waals surface area contributed by atoms with Crippen LogP contribution < -0.4 is 15.2 Å². The van der Waals surface area contributed by atoms with E-state index in [4.69, 9.17) is 14.7 Å². The van der Waals surface area contributed by atoms with E-state index in [1.165, 1.54) is 22.9 Å². The number of nitrogens with zero attached hydrogens (tertiary/aromatic N) is 5. The third-order valence-electron chi connectivity index (χ3n) is 5.51. The lowest BCUT2D eigenvalue weighted by molar-refractivity contribution is -0.189. The summed E-state index contributed by atoms with van der Waals surface area (Å²) in [4.78, 5) is 16.8. The fourth-order valence-corrected chi connectivity index (χ4v) is 3.64. The highest BCUT2D eigenvalue weighted by atomic mass is 19.4. The van der Waals surface area contributed by atoms with Crippen LogP contribution in [0.1, 0.15) is 25.2 Å². The molecule has 0 radical (unpaired) electrons. The number of hydrogen-bond acceptors (Lipinski definition) is 7. The molecule has 0 amide bonds. The Hall–Kier alpha value is -4.51. The van der Waals surface area contributed by atoms with E-state index in [9.17, 15) is 31.9 Å². The van der Waals surface area contributed by atoms with Gasteiger partial charge in [-0.25, -0.2) is 18.6 Å². The van der Waals surface area contributed by atoms with Crippen LogP contribution in [-0.4, -0.2) is 36.7 Å². The van der Waals surface area contributed by atoms with E-state index in [0.29, 0.717) is 0 Å². The Morgan fingerprint density at radius 1 is 1.18 bits per heavy atom. The molecule has 14 heteroatoms. The van der Waals surface area contributed by atoms with Gasteiger partial charge in [-0.1, -0.05) is 0 Å². The number of alkyl halides is 3. The van der Waals surface area contributed by atoms with Gasteiger partial charge in [-0.05, 0) is 43.5 Å². The molecule has 4 aromatic rings. The number of pyridine rings is 1. The number of benzene rings is 2. The second-order valence-corrected chi connectivity index (χ2v) is 7.96. The van der Waals surface area contributed by atoms with Gasteiger partial charge in [0.05, 0.1) is 22.7 Å². The monoisotopic (exact) mass is 535 g/mol. The number of nitriles is 1. The molecule has 198 valence electrons. The van der Waals surface area contributed by atoms with Crippen LogP contribution in [0.15, 0.2) is 41.3 Å². The van der Waals surface area contributed by atoms with Gasteiger partial charge in [0, 0.05) is 18.8 Å². The topological polar surface area (TPSA) is 115 Å². The maximum atomic E-state index is 14.5. The Morgan fingerprint density at radius 2 is 1.87 bits per heavy atom. The van der Waals surface area contributed by atoms with Gasteiger partial charge < -0.3 is 14.6 Å². The van der Waals surface area contributed by atoms with Crippen molar-refractivity contribution in [3.05, 3.63) is 70.0 Å². The quantitative estimate of drug-likeness (QED) is 0.350. The summed E-state index contributed by atoms with van der Waals surface area (Å²) in [5, 5.41) is 22.4. The van der Waals surface area contributed by atoms with Gasteiger partial charge in [0.15, 0.2) is 23.6 Å². The molecule has 0 bridgehead atoms. The highest BCUT2D eigenvalue weighted by molar-refractivity contribution is 5.94. The van der Waals surface area contributed by atoms with Gasteiger partial charge in [0.25, 0.3) is 0 Å². The first-order valence-corrected chi connectivity index (χ1v) is 11.0. The molecule has 0 aliphatic carbocycles.